The van der Waals surface area contributed by atoms with Gasteiger partial charge >= 0.3 is 0 Å². The summed E-state index contributed by atoms with van der Waals surface area (Å²) in [5.74, 6) is 1.73. The van der Waals surface area contributed by atoms with Crippen molar-refractivity contribution in [2.24, 2.45) is 0 Å². The fourth-order valence-corrected chi connectivity index (χ4v) is 6.19. The maximum atomic E-state index is 11.9. The van der Waals surface area contributed by atoms with E-state index >= 15 is 0 Å². The number of nitro groups is 1. The maximum Gasteiger partial charge on any atom is 0.225 e. The standard InChI is InChI=1S/C22H27NO4S/c1-26-18-12-15-8-9-17(23(24)25)22(16(15)13-19(18)27-2)21-11-10-20(28-21)14-6-4-3-5-7-14/h10-14,17,22H,3-9H2,1-2H3/t17-,22-/m0/s1. The van der Waals surface area contributed by atoms with E-state index in [1.165, 1.54) is 37.0 Å². The molecule has 1 aromatic carbocycles. The van der Waals surface area contributed by atoms with Gasteiger partial charge < -0.3 is 9.47 Å². The van der Waals surface area contributed by atoms with Crippen LogP contribution in [0.1, 0.15) is 71.2 Å². The van der Waals surface area contributed by atoms with Gasteiger partial charge in [-0.1, -0.05) is 19.3 Å². The lowest BCUT2D eigenvalue weighted by Crippen LogP contribution is -2.32. The van der Waals surface area contributed by atoms with Crippen LogP contribution in [0.2, 0.25) is 0 Å². The number of aryl methyl sites for hydroxylation is 1. The summed E-state index contributed by atoms with van der Waals surface area (Å²) in [7, 11) is 3.24. The van der Waals surface area contributed by atoms with Gasteiger partial charge in [0.25, 0.3) is 0 Å². The molecule has 0 N–H and O–H groups in total. The third kappa shape index (κ3) is 3.50. The molecule has 0 aliphatic heterocycles. The minimum absolute atomic E-state index is 0.0929. The van der Waals surface area contributed by atoms with Crippen molar-refractivity contribution in [3.8, 4) is 11.5 Å². The van der Waals surface area contributed by atoms with Gasteiger partial charge in [-0.2, -0.15) is 0 Å². The fourth-order valence-electron chi connectivity index (χ4n) is 4.83. The first kappa shape index (κ1) is 19.2. The van der Waals surface area contributed by atoms with Gasteiger partial charge in [-0.25, -0.2) is 0 Å². The Bertz CT molecular complexity index is 856. The Morgan fingerprint density at radius 1 is 1.00 bits per heavy atom. The number of hydrogen-bond acceptors (Lipinski definition) is 5. The summed E-state index contributed by atoms with van der Waals surface area (Å²) < 4.78 is 10.9. The van der Waals surface area contributed by atoms with Crippen molar-refractivity contribution in [1.29, 1.82) is 0 Å². The smallest absolute Gasteiger partial charge is 0.225 e. The van der Waals surface area contributed by atoms with Gasteiger partial charge in [-0.15, -0.1) is 11.3 Å². The summed E-state index contributed by atoms with van der Waals surface area (Å²) in [4.78, 5) is 14.3. The highest BCUT2D eigenvalue weighted by Crippen LogP contribution is 2.46. The van der Waals surface area contributed by atoms with Crippen LogP contribution in [-0.4, -0.2) is 25.2 Å². The molecule has 1 fully saturated rings. The first-order valence-electron chi connectivity index (χ1n) is 10.1. The summed E-state index contributed by atoms with van der Waals surface area (Å²) in [6.45, 7) is 0. The summed E-state index contributed by atoms with van der Waals surface area (Å²) in [5.41, 5.74) is 2.15. The molecule has 6 heteroatoms. The number of thiophene rings is 1. The van der Waals surface area contributed by atoms with Crippen LogP contribution in [-0.2, 0) is 6.42 Å². The van der Waals surface area contributed by atoms with Crippen molar-refractivity contribution in [3.63, 3.8) is 0 Å². The lowest BCUT2D eigenvalue weighted by atomic mass is 9.78. The summed E-state index contributed by atoms with van der Waals surface area (Å²) in [6.07, 6.45) is 7.64. The van der Waals surface area contributed by atoms with Gasteiger partial charge in [-0.3, -0.25) is 10.1 Å². The number of hydrogen-bond donors (Lipinski definition) is 0. The average molecular weight is 402 g/mol. The summed E-state index contributed by atoms with van der Waals surface area (Å²) >= 11 is 1.78. The highest BCUT2D eigenvalue weighted by Gasteiger charge is 2.40. The molecule has 1 saturated carbocycles. The average Bonchev–Trinajstić information content (AvgIpc) is 3.22. The zero-order valence-electron chi connectivity index (χ0n) is 16.5. The molecule has 2 aliphatic carbocycles. The van der Waals surface area contributed by atoms with Crippen LogP contribution in [0, 0.1) is 10.1 Å². The predicted molar refractivity (Wildman–Crippen MR) is 111 cm³/mol. The molecule has 2 atom stereocenters. The zero-order chi connectivity index (χ0) is 19.7. The predicted octanol–water partition coefficient (Wildman–Crippen LogP) is 5.54. The molecule has 0 bridgehead atoms. The third-order valence-electron chi connectivity index (χ3n) is 6.31. The van der Waals surface area contributed by atoms with Crippen LogP contribution in [0.3, 0.4) is 0 Å². The second-order valence-corrected chi connectivity index (χ2v) is 9.00. The monoisotopic (exact) mass is 401 g/mol. The minimum atomic E-state index is -0.594. The largest absolute Gasteiger partial charge is 0.493 e. The molecule has 0 unspecified atom stereocenters. The van der Waals surface area contributed by atoms with Crippen molar-refractivity contribution in [3.05, 3.63) is 55.3 Å². The zero-order valence-corrected chi connectivity index (χ0v) is 17.3. The van der Waals surface area contributed by atoms with Gasteiger partial charge in [0.2, 0.25) is 6.04 Å². The molecule has 150 valence electrons. The number of methoxy groups -OCH3 is 2. The molecule has 0 amide bonds. The third-order valence-corrected chi connectivity index (χ3v) is 7.64. The van der Waals surface area contributed by atoms with Crippen LogP contribution in [0.4, 0.5) is 0 Å². The van der Waals surface area contributed by atoms with Crippen LogP contribution in [0.25, 0.3) is 0 Å². The molecule has 28 heavy (non-hydrogen) atoms. The minimum Gasteiger partial charge on any atom is -0.493 e. The number of ether oxygens (including phenoxy) is 2. The Morgan fingerprint density at radius 3 is 2.36 bits per heavy atom. The van der Waals surface area contributed by atoms with Crippen LogP contribution < -0.4 is 9.47 Å². The molecular formula is C22H27NO4S. The number of fused-ring (bicyclic) bond motifs is 1. The molecular weight excluding hydrogens is 374 g/mol. The quantitative estimate of drug-likeness (QED) is 0.488. The second-order valence-electron chi connectivity index (χ2n) is 7.85. The SMILES string of the molecule is COc1cc2c(cc1OC)[C@H](c1ccc(C3CCCCC3)s1)[C@@H]([N+](=O)[O-])CC2. The van der Waals surface area contributed by atoms with Crippen molar-refractivity contribution in [2.45, 2.75) is 62.8 Å². The summed E-state index contributed by atoms with van der Waals surface area (Å²) in [5, 5.41) is 11.9. The lowest BCUT2D eigenvalue weighted by Gasteiger charge is -2.29. The first-order valence-corrected chi connectivity index (χ1v) is 10.9. The van der Waals surface area contributed by atoms with Gasteiger partial charge in [0, 0.05) is 21.1 Å². The van der Waals surface area contributed by atoms with E-state index in [-0.39, 0.29) is 10.8 Å². The topological polar surface area (TPSA) is 61.6 Å². The maximum absolute atomic E-state index is 11.9. The van der Waals surface area contributed by atoms with Gasteiger partial charge in [0.05, 0.1) is 20.1 Å². The number of benzene rings is 1. The molecule has 2 aromatic rings. The van der Waals surface area contributed by atoms with E-state index in [0.717, 1.165) is 16.0 Å². The van der Waals surface area contributed by atoms with E-state index in [0.29, 0.717) is 30.3 Å². The van der Waals surface area contributed by atoms with Gasteiger partial charge in [-0.05, 0) is 60.6 Å². The molecule has 1 heterocycles. The second kappa shape index (κ2) is 8.11. The van der Waals surface area contributed by atoms with Gasteiger partial charge in [0.15, 0.2) is 11.5 Å². The van der Waals surface area contributed by atoms with Crippen molar-refractivity contribution < 1.29 is 14.4 Å². The molecule has 5 nitrogen and oxygen atoms in total. The van der Waals surface area contributed by atoms with E-state index in [1.54, 1.807) is 25.6 Å². The molecule has 1 aromatic heterocycles. The first-order chi connectivity index (χ1) is 13.6. The van der Waals surface area contributed by atoms with Crippen molar-refractivity contribution in [1.82, 2.24) is 0 Å². The number of rotatable bonds is 5. The van der Waals surface area contributed by atoms with Crippen molar-refractivity contribution in [2.75, 3.05) is 14.2 Å². The van der Waals surface area contributed by atoms with E-state index < -0.39 is 6.04 Å². The van der Waals surface area contributed by atoms with Crippen molar-refractivity contribution >= 4 is 11.3 Å². The van der Waals surface area contributed by atoms with Crippen LogP contribution in [0.15, 0.2) is 24.3 Å². The van der Waals surface area contributed by atoms with E-state index in [4.69, 9.17) is 9.47 Å². The molecule has 0 spiro atoms. The summed E-state index contributed by atoms with van der Waals surface area (Å²) in [6, 6.07) is 7.69. The molecule has 2 aliphatic rings. The van der Waals surface area contributed by atoms with Gasteiger partial charge in [0.1, 0.15) is 0 Å². The molecule has 0 saturated heterocycles. The Morgan fingerprint density at radius 2 is 1.68 bits per heavy atom. The van der Waals surface area contributed by atoms with E-state index in [2.05, 4.69) is 12.1 Å². The van der Waals surface area contributed by atoms with Crippen LogP contribution in [0.5, 0.6) is 11.5 Å². The Hall–Kier alpha value is -2.08. The molecule has 0 radical (unpaired) electrons. The Balaban J connectivity index is 1.75. The van der Waals surface area contributed by atoms with Crippen LogP contribution >= 0.6 is 11.3 Å². The highest BCUT2D eigenvalue weighted by atomic mass is 32.1. The lowest BCUT2D eigenvalue weighted by molar-refractivity contribution is -0.526. The molecule has 4 rings (SSSR count). The van der Waals surface area contributed by atoms with E-state index in [1.807, 2.05) is 12.1 Å². The Kier molecular flexibility index (Phi) is 5.58. The Labute approximate surface area is 169 Å². The normalized spacial score (nSPS) is 22.5. The van der Waals surface area contributed by atoms with E-state index in [9.17, 15) is 10.1 Å². The highest BCUT2D eigenvalue weighted by molar-refractivity contribution is 7.12. The fraction of sp³-hybridized carbons (Fsp3) is 0.545. The number of nitrogens with zero attached hydrogens (tertiary/aromatic N) is 1.